The molecule has 0 aliphatic rings. The lowest BCUT2D eigenvalue weighted by Crippen LogP contribution is -2.30. The number of phosphoric acid groups is 2. The molecule has 0 rings (SSSR count). The fourth-order valence-corrected chi connectivity index (χ4v) is 12.8. The van der Waals surface area contributed by atoms with Crippen LogP contribution in [-0.2, 0) is 65.4 Å². The average Bonchev–Trinajstić information content (AvgIpc) is 1.77. The van der Waals surface area contributed by atoms with Gasteiger partial charge in [-0.05, 0) is 51.4 Å². The minimum absolute atomic E-state index is 0.0861. The molecule has 95 heavy (non-hydrogen) atoms. The maximum absolute atomic E-state index is 13.1. The molecular weight excluding hydrogens is 1250 g/mol. The Kier molecular flexibility index (Phi) is 68.2. The Balaban J connectivity index is 5.28. The molecule has 17 nitrogen and oxygen atoms in total. The van der Waals surface area contributed by atoms with E-state index in [1.54, 1.807) is 0 Å². The molecular formula is C76H144O17P2. The Bertz CT molecular complexity index is 1900. The third-order valence-corrected chi connectivity index (χ3v) is 19.1. The van der Waals surface area contributed by atoms with E-state index in [0.29, 0.717) is 25.7 Å². The van der Waals surface area contributed by atoms with Crippen LogP contribution in [0.1, 0.15) is 381 Å². The van der Waals surface area contributed by atoms with Gasteiger partial charge in [-0.1, -0.05) is 328 Å². The van der Waals surface area contributed by atoms with Gasteiger partial charge in [0, 0.05) is 25.7 Å². The largest absolute Gasteiger partial charge is 0.472 e. The minimum Gasteiger partial charge on any atom is -0.462 e. The standard InChI is InChI=1S/C76H144O17P2/c1-5-9-13-17-21-25-29-32-35-38-41-45-49-53-57-61-74(79)87-67-72(93-76(81)63-59-55-51-47-43-40-37-34-31-27-23-19-15-11-7-3)69-91-95(84,85)89-65-70(77)64-88-94(82,83)90-68-71(66-86-73(78)60-56-52-48-44-28-24-20-16-12-8-4)92-75(80)62-58-54-50-46-42-39-36-33-30-26-22-18-14-10-6-2/h27,31,34,37,70-72,77H,5-26,28-30,32-33,35-36,38-69H2,1-4H3,(H,82,83)(H,84,85)/b31-27-,37-34-/t70-,71+,72+/m0/s1. The highest BCUT2D eigenvalue weighted by Gasteiger charge is 2.30. The number of carbonyl (C=O) groups is 4. The van der Waals surface area contributed by atoms with Crippen LogP contribution in [-0.4, -0.2) is 96.7 Å². The smallest absolute Gasteiger partial charge is 0.462 e. The van der Waals surface area contributed by atoms with Gasteiger partial charge in [-0.3, -0.25) is 37.3 Å². The van der Waals surface area contributed by atoms with Crippen molar-refractivity contribution in [2.24, 2.45) is 0 Å². The molecule has 0 bridgehead atoms. The van der Waals surface area contributed by atoms with Gasteiger partial charge in [-0.25, -0.2) is 9.13 Å². The molecule has 0 fully saturated rings. The van der Waals surface area contributed by atoms with Crippen molar-refractivity contribution >= 4 is 39.5 Å². The van der Waals surface area contributed by atoms with Crippen molar-refractivity contribution in [3.05, 3.63) is 24.3 Å². The summed E-state index contributed by atoms with van der Waals surface area (Å²) in [6.07, 6.45) is 63.0. The molecule has 5 atom stereocenters. The fraction of sp³-hybridized carbons (Fsp3) is 0.895. The maximum atomic E-state index is 13.1. The summed E-state index contributed by atoms with van der Waals surface area (Å²) in [5.74, 6) is -2.14. The average molecular weight is 1390 g/mol. The van der Waals surface area contributed by atoms with E-state index in [0.717, 1.165) is 103 Å². The van der Waals surface area contributed by atoms with E-state index in [9.17, 15) is 43.2 Å². The van der Waals surface area contributed by atoms with Gasteiger partial charge in [0.25, 0.3) is 0 Å². The number of unbranched alkanes of at least 4 members (excludes halogenated alkanes) is 46. The van der Waals surface area contributed by atoms with E-state index in [2.05, 4.69) is 52.0 Å². The van der Waals surface area contributed by atoms with Crippen LogP contribution < -0.4 is 0 Å². The summed E-state index contributed by atoms with van der Waals surface area (Å²) in [7, 11) is -9.92. The van der Waals surface area contributed by atoms with Crippen molar-refractivity contribution in [1.29, 1.82) is 0 Å². The van der Waals surface area contributed by atoms with E-state index < -0.39 is 97.5 Å². The highest BCUT2D eigenvalue weighted by Crippen LogP contribution is 2.45. The van der Waals surface area contributed by atoms with Crippen LogP contribution in [0, 0.1) is 0 Å². The monoisotopic (exact) mass is 1390 g/mol. The normalized spacial score (nSPS) is 14.1. The van der Waals surface area contributed by atoms with Gasteiger partial charge in [0.15, 0.2) is 12.2 Å². The number of aliphatic hydroxyl groups excluding tert-OH is 1. The maximum Gasteiger partial charge on any atom is 0.472 e. The number of allylic oxidation sites excluding steroid dienone is 4. The van der Waals surface area contributed by atoms with E-state index in [4.69, 9.17) is 37.0 Å². The van der Waals surface area contributed by atoms with E-state index in [-0.39, 0.29) is 25.7 Å². The molecule has 0 spiro atoms. The number of carbonyl (C=O) groups excluding carboxylic acids is 4. The second-order valence-electron chi connectivity index (χ2n) is 26.7. The number of rotatable bonds is 75. The molecule has 3 N–H and O–H groups in total. The molecule has 0 aromatic carbocycles. The molecule has 0 aromatic heterocycles. The van der Waals surface area contributed by atoms with Gasteiger partial charge >= 0.3 is 39.5 Å². The highest BCUT2D eigenvalue weighted by atomic mass is 31.2. The first kappa shape index (κ1) is 92.5. The van der Waals surface area contributed by atoms with Crippen molar-refractivity contribution in [3.63, 3.8) is 0 Å². The third-order valence-electron chi connectivity index (χ3n) is 17.2. The van der Waals surface area contributed by atoms with Crippen LogP contribution >= 0.6 is 15.6 Å². The second-order valence-corrected chi connectivity index (χ2v) is 29.6. The Hall–Kier alpha value is -2.46. The summed E-state index contributed by atoms with van der Waals surface area (Å²) in [4.78, 5) is 72.8. The molecule has 0 heterocycles. The van der Waals surface area contributed by atoms with Crippen LogP contribution in [0.15, 0.2) is 24.3 Å². The molecule has 0 radical (unpaired) electrons. The zero-order valence-electron chi connectivity index (χ0n) is 61.1. The van der Waals surface area contributed by atoms with E-state index in [1.165, 1.54) is 199 Å². The Labute approximate surface area is 580 Å². The lowest BCUT2D eigenvalue weighted by Gasteiger charge is -2.21. The van der Waals surface area contributed by atoms with Gasteiger partial charge in [-0.2, -0.15) is 0 Å². The Morgan fingerprint density at radius 3 is 0.768 bits per heavy atom. The zero-order valence-corrected chi connectivity index (χ0v) is 62.9. The van der Waals surface area contributed by atoms with Crippen LogP contribution in [0.3, 0.4) is 0 Å². The first-order valence-electron chi connectivity index (χ1n) is 39.1. The zero-order chi connectivity index (χ0) is 69.7. The molecule has 0 aliphatic carbocycles. The number of ether oxygens (including phenoxy) is 4. The molecule has 0 saturated carbocycles. The van der Waals surface area contributed by atoms with Crippen molar-refractivity contribution in [3.8, 4) is 0 Å². The molecule has 19 heteroatoms. The molecule has 560 valence electrons. The second kappa shape index (κ2) is 70.0. The van der Waals surface area contributed by atoms with Crippen molar-refractivity contribution < 1.29 is 80.2 Å². The molecule has 0 saturated heterocycles. The molecule has 2 unspecified atom stereocenters. The molecule has 0 aromatic rings. The number of esters is 4. The predicted molar refractivity (Wildman–Crippen MR) is 386 cm³/mol. The number of phosphoric ester groups is 2. The molecule has 0 aliphatic heterocycles. The first-order valence-corrected chi connectivity index (χ1v) is 42.1. The summed E-state index contributed by atoms with van der Waals surface area (Å²) >= 11 is 0. The number of hydrogen-bond donors (Lipinski definition) is 3. The quantitative estimate of drug-likeness (QED) is 0.0169. The highest BCUT2D eigenvalue weighted by molar-refractivity contribution is 7.47. The van der Waals surface area contributed by atoms with Gasteiger partial charge in [0.05, 0.1) is 26.4 Å². The first-order chi connectivity index (χ1) is 46.2. The summed E-state index contributed by atoms with van der Waals surface area (Å²) in [6, 6.07) is 0. The summed E-state index contributed by atoms with van der Waals surface area (Å²) < 4.78 is 68.5. The number of hydrogen-bond acceptors (Lipinski definition) is 15. The fourth-order valence-electron chi connectivity index (χ4n) is 11.2. The van der Waals surface area contributed by atoms with E-state index in [1.807, 2.05) is 0 Å². The lowest BCUT2D eigenvalue weighted by molar-refractivity contribution is -0.161. The van der Waals surface area contributed by atoms with Gasteiger partial charge in [0.2, 0.25) is 0 Å². The van der Waals surface area contributed by atoms with Gasteiger partial charge in [-0.15, -0.1) is 0 Å². The molecule has 0 amide bonds. The van der Waals surface area contributed by atoms with Crippen molar-refractivity contribution in [2.75, 3.05) is 39.6 Å². The van der Waals surface area contributed by atoms with Gasteiger partial charge in [0.1, 0.15) is 19.3 Å². The summed E-state index contributed by atoms with van der Waals surface area (Å²) in [6.45, 7) is 4.92. The topological polar surface area (TPSA) is 237 Å². The van der Waals surface area contributed by atoms with Crippen LogP contribution in [0.2, 0.25) is 0 Å². The van der Waals surface area contributed by atoms with Crippen LogP contribution in [0.25, 0.3) is 0 Å². The van der Waals surface area contributed by atoms with Crippen LogP contribution in [0.4, 0.5) is 0 Å². The van der Waals surface area contributed by atoms with Crippen molar-refractivity contribution in [1.82, 2.24) is 0 Å². The van der Waals surface area contributed by atoms with Crippen LogP contribution in [0.5, 0.6) is 0 Å². The third kappa shape index (κ3) is 69.8. The summed E-state index contributed by atoms with van der Waals surface area (Å²) in [5.41, 5.74) is 0. The predicted octanol–water partition coefficient (Wildman–Crippen LogP) is 22.2. The minimum atomic E-state index is -4.96. The van der Waals surface area contributed by atoms with Gasteiger partial charge < -0.3 is 33.8 Å². The lowest BCUT2D eigenvalue weighted by atomic mass is 10.0. The number of aliphatic hydroxyl groups is 1. The SMILES string of the molecule is CCCCCC/C=C\C=C/CCCCCCCC(=O)O[C@H](COC(=O)CCCCCCCCCCCCCCCCC)COP(=O)(O)OC[C@@H](O)COP(=O)(O)OC[C@@H](COC(=O)CCCCCCCCCCCC)OC(=O)CCCCCCCCCCCCCCCCC. The Morgan fingerprint density at radius 2 is 0.505 bits per heavy atom. The van der Waals surface area contributed by atoms with Crippen molar-refractivity contribution in [2.45, 2.75) is 399 Å². The summed E-state index contributed by atoms with van der Waals surface area (Å²) in [5, 5.41) is 10.6. The Morgan fingerprint density at radius 1 is 0.295 bits per heavy atom. The van der Waals surface area contributed by atoms with E-state index >= 15 is 0 Å².